The normalized spacial score (nSPS) is 10.1. The van der Waals surface area contributed by atoms with E-state index in [1.165, 1.54) is 10.7 Å². The van der Waals surface area contributed by atoms with Gasteiger partial charge in [0.2, 0.25) is 0 Å². The number of aromatic nitrogens is 2. The van der Waals surface area contributed by atoms with Crippen molar-refractivity contribution in [3.63, 3.8) is 0 Å². The molecule has 0 spiro atoms. The van der Waals surface area contributed by atoms with Gasteiger partial charge in [0.15, 0.2) is 6.29 Å². The molecule has 0 unspecified atom stereocenters. The van der Waals surface area contributed by atoms with E-state index >= 15 is 0 Å². The Morgan fingerprint density at radius 2 is 2.36 bits per heavy atom. The fraction of sp³-hybridized carbons (Fsp3) is 0.444. The molecule has 0 N–H and O–H groups in total. The van der Waals surface area contributed by atoms with Crippen LogP contribution in [0.25, 0.3) is 0 Å². The van der Waals surface area contributed by atoms with E-state index < -0.39 is 0 Å². The molecule has 0 amide bonds. The van der Waals surface area contributed by atoms with Crippen LogP contribution < -0.4 is 5.56 Å². The van der Waals surface area contributed by atoms with Crippen molar-refractivity contribution in [1.29, 1.82) is 0 Å². The molecule has 0 aliphatic carbocycles. The third kappa shape index (κ3) is 2.26. The van der Waals surface area contributed by atoms with Crippen molar-refractivity contribution in [1.82, 2.24) is 9.78 Å². The van der Waals surface area contributed by atoms with E-state index in [1.807, 2.05) is 0 Å². The highest BCUT2D eigenvalue weighted by Gasteiger charge is 2.04. The number of ether oxygens (including phenoxy) is 1. The Morgan fingerprint density at radius 3 is 2.93 bits per heavy atom. The molecule has 0 aliphatic rings. The summed E-state index contributed by atoms with van der Waals surface area (Å²) in [7, 11) is 1.54. The summed E-state index contributed by atoms with van der Waals surface area (Å²) >= 11 is 0. The van der Waals surface area contributed by atoms with E-state index in [0.717, 1.165) is 0 Å². The molecule has 0 saturated carbocycles. The summed E-state index contributed by atoms with van der Waals surface area (Å²) in [5, 5.41) is 3.98. The first-order valence-electron chi connectivity index (χ1n) is 4.22. The van der Waals surface area contributed by atoms with Gasteiger partial charge in [-0.15, -0.1) is 0 Å². The maximum absolute atomic E-state index is 11.5. The molecular weight excluding hydrogens is 184 g/mol. The van der Waals surface area contributed by atoms with E-state index in [0.29, 0.717) is 25.1 Å². The highest BCUT2D eigenvalue weighted by Crippen LogP contribution is 1.92. The number of carbonyl (C=O) groups is 1. The predicted octanol–water partition coefficient (Wildman–Crippen LogP) is 0.0106. The lowest BCUT2D eigenvalue weighted by Crippen LogP contribution is -2.28. The molecule has 1 rings (SSSR count). The minimum absolute atomic E-state index is 0.133. The van der Waals surface area contributed by atoms with Crippen molar-refractivity contribution >= 4 is 6.29 Å². The van der Waals surface area contributed by atoms with Gasteiger partial charge < -0.3 is 4.74 Å². The van der Waals surface area contributed by atoms with E-state index in [1.54, 1.807) is 14.0 Å². The molecule has 5 nitrogen and oxygen atoms in total. The number of hydrogen-bond acceptors (Lipinski definition) is 4. The molecule has 0 atom stereocenters. The number of nitrogens with zero attached hydrogens (tertiary/aromatic N) is 2. The van der Waals surface area contributed by atoms with Gasteiger partial charge in [0.05, 0.1) is 24.4 Å². The molecule has 0 aliphatic heterocycles. The summed E-state index contributed by atoms with van der Waals surface area (Å²) in [4.78, 5) is 22.0. The molecule has 0 aromatic carbocycles. The molecule has 0 bridgehead atoms. The van der Waals surface area contributed by atoms with Gasteiger partial charge >= 0.3 is 0 Å². The summed E-state index contributed by atoms with van der Waals surface area (Å²) in [6, 6.07) is 1.47. The van der Waals surface area contributed by atoms with Crippen molar-refractivity contribution in [3.8, 4) is 0 Å². The molecule has 0 radical (unpaired) electrons. The quantitative estimate of drug-likeness (QED) is 0.636. The first-order chi connectivity index (χ1) is 6.69. The lowest BCUT2D eigenvalue weighted by Gasteiger charge is -2.05. The highest BCUT2D eigenvalue weighted by atomic mass is 16.5. The number of aryl methyl sites for hydroxylation is 1. The predicted molar refractivity (Wildman–Crippen MR) is 50.5 cm³/mol. The smallest absolute Gasteiger partial charge is 0.277 e. The maximum Gasteiger partial charge on any atom is 0.277 e. The van der Waals surface area contributed by atoms with Crippen molar-refractivity contribution < 1.29 is 9.53 Å². The van der Waals surface area contributed by atoms with Crippen LogP contribution in [-0.2, 0) is 11.3 Å². The number of rotatable bonds is 4. The van der Waals surface area contributed by atoms with Crippen LogP contribution in [0.5, 0.6) is 0 Å². The van der Waals surface area contributed by atoms with Crippen molar-refractivity contribution in [2.45, 2.75) is 13.5 Å². The molecule has 14 heavy (non-hydrogen) atoms. The van der Waals surface area contributed by atoms with Gasteiger partial charge in [-0.2, -0.15) is 5.10 Å². The molecule has 1 aromatic heterocycles. The van der Waals surface area contributed by atoms with E-state index in [9.17, 15) is 9.59 Å². The van der Waals surface area contributed by atoms with Gasteiger partial charge in [0.1, 0.15) is 0 Å². The first kappa shape index (κ1) is 10.6. The molecular formula is C9H12N2O3. The van der Waals surface area contributed by atoms with Crippen LogP contribution in [0.3, 0.4) is 0 Å². The molecule has 0 saturated heterocycles. The second-order valence-corrected chi connectivity index (χ2v) is 2.88. The number of carbonyl (C=O) groups excluding carboxylic acids is 1. The van der Waals surface area contributed by atoms with Crippen LogP contribution in [0.15, 0.2) is 10.9 Å². The summed E-state index contributed by atoms with van der Waals surface area (Å²) in [5.41, 5.74) is 0.402. The Balaban J connectivity index is 3.09. The van der Waals surface area contributed by atoms with Crippen LogP contribution in [-0.4, -0.2) is 29.8 Å². The maximum atomic E-state index is 11.5. The average Bonchev–Trinajstić information content (AvgIpc) is 2.18. The van der Waals surface area contributed by atoms with Crippen molar-refractivity contribution in [3.05, 3.63) is 27.7 Å². The van der Waals surface area contributed by atoms with Gasteiger partial charge in [-0.1, -0.05) is 0 Å². The minimum Gasteiger partial charge on any atom is -0.383 e. The fourth-order valence-electron chi connectivity index (χ4n) is 1.11. The van der Waals surface area contributed by atoms with E-state index in [2.05, 4.69) is 5.10 Å². The Hall–Kier alpha value is -1.49. The van der Waals surface area contributed by atoms with Gasteiger partial charge in [-0.25, -0.2) is 4.68 Å². The Kier molecular flexibility index (Phi) is 3.53. The monoisotopic (exact) mass is 196 g/mol. The van der Waals surface area contributed by atoms with Gasteiger partial charge in [0.25, 0.3) is 5.56 Å². The number of hydrogen-bond donors (Lipinski definition) is 0. The standard InChI is InChI=1S/C9H12N2O3/c1-7-5-8(6-12)9(13)11(10-7)3-4-14-2/h5-6H,3-4H2,1-2H3. The van der Waals surface area contributed by atoms with Crippen LogP contribution >= 0.6 is 0 Å². The van der Waals surface area contributed by atoms with Gasteiger partial charge in [0, 0.05) is 7.11 Å². The van der Waals surface area contributed by atoms with Gasteiger partial charge in [-0.05, 0) is 13.0 Å². The van der Waals surface area contributed by atoms with E-state index in [4.69, 9.17) is 4.74 Å². The summed E-state index contributed by atoms with van der Waals surface area (Å²) in [6.07, 6.45) is 0.542. The summed E-state index contributed by atoms with van der Waals surface area (Å²) in [6.45, 7) is 2.49. The second-order valence-electron chi connectivity index (χ2n) is 2.88. The Labute approximate surface area is 81.3 Å². The largest absolute Gasteiger partial charge is 0.383 e. The second kappa shape index (κ2) is 4.66. The third-order valence-electron chi connectivity index (χ3n) is 1.76. The minimum atomic E-state index is -0.373. The van der Waals surface area contributed by atoms with Gasteiger partial charge in [-0.3, -0.25) is 9.59 Å². The zero-order valence-electron chi connectivity index (χ0n) is 8.19. The zero-order valence-corrected chi connectivity index (χ0v) is 8.19. The average molecular weight is 196 g/mol. The molecule has 1 heterocycles. The van der Waals surface area contributed by atoms with Crippen LogP contribution in [0.4, 0.5) is 0 Å². The number of methoxy groups -OCH3 is 1. The first-order valence-corrected chi connectivity index (χ1v) is 4.22. The fourth-order valence-corrected chi connectivity index (χ4v) is 1.11. The Bertz CT molecular complexity index is 384. The van der Waals surface area contributed by atoms with Crippen LogP contribution in [0.1, 0.15) is 16.1 Å². The molecule has 1 aromatic rings. The lowest BCUT2D eigenvalue weighted by molar-refractivity contribution is 0.112. The molecule has 76 valence electrons. The molecule has 5 heteroatoms. The highest BCUT2D eigenvalue weighted by molar-refractivity contribution is 5.73. The van der Waals surface area contributed by atoms with Crippen LogP contribution in [0, 0.1) is 6.92 Å². The summed E-state index contributed by atoms with van der Waals surface area (Å²) < 4.78 is 6.06. The SMILES string of the molecule is COCCn1nc(C)cc(C=O)c1=O. The lowest BCUT2D eigenvalue weighted by atomic mass is 10.3. The number of aldehydes is 1. The van der Waals surface area contributed by atoms with Crippen molar-refractivity contribution in [2.24, 2.45) is 0 Å². The third-order valence-corrected chi connectivity index (χ3v) is 1.76. The zero-order chi connectivity index (χ0) is 10.6. The van der Waals surface area contributed by atoms with Crippen molar-refractivity contribution in [2.75, 3.05) is 13.7 Å². The molecule has 0 fully saturated rings. The van der Waals surface area contributed by atoms with E-state index in [-0.39, 0.29) is 11.1 Å². The van der Waals surface area contributed by atoms with Crippen LogP contribution in [0.2, 0.25) is 0 Å². The summed E-state index contributed by atoms with van der Waals surface area (Å²) in [5.74, 6) is 0. The topological polar surface area (TPSA) is 61.2 Å². The Morgan fingerprint density at radius 1 is 1.64 bits per heavy atom.